The Bertz CT molecular complexity index is 1330. The monoisotopic (exact) mass is 462 g/mol. The molecule has 0 radical (unpaired) electrons. The number of carbonyl (C=O) groups excluding carboxylic acids is 1. The SMILES string of the molecule is NC(=O)CC(c1ccncc1)c1oc(CN2CC3CC(C2)c2cccc(=O)n2C3)cc(=O)c1O. The topological polar surface area (TPSA) is 132 Å². The number of fused-ring (bicyclic) bond motifs is 4. The van der Waals surface area contributed by atoms with Crippen molar-refractivity contribution < 1.29 is 14.3 Å². The van der Waals surface area contributed by atoms with E-state index in [0.717, 1.165) is 25.2 Å². The molecule has 0 aromatic carbocycles. The molecule has 34 heavy (non-hydrogen) atoms. The van der Waals surface area contributed by atoms with Crippen LogP contribution in [0, 0.1) is 5.92 Å². The molecule has 0 aliphatic carbocycles. The van der Waals surface area contributed by atoms with E-state index in [1.807, 2.05) is 10.6 Å². The van der Waals surface area contributed by atoms with Gasteiger partial charge in [-0.05, 0) is 36.1 Å². The van der Waals surface area contributed by atoms with Crippen molar-refractivity contribution in [2.45, 2.75) is 37.8 Å². The Morgan fingerprint density at radius 1 is 1.18 bits per heavy atom. The zero-order valence-electron chi connectivity index (χ0n) is 18.6. The lowest BCUT2D eigenvalue weighted by atomic mass is 9.83. The highest BCUT2D eigenvalue weighted by molar-refractivity contribution is 5.75. The van der Waals surface area contributed by atoms with Crippen LogP contribution in [0.4, 0.5) is 0 Å². The van der Waals surface area contributed by atoms with Crippen LogP contribution in [0.3, 0.4) is 0 Å². The lowest BCUT2D eigenvalue weighted by Crippen LogP contribution is -2.46. The van der Waals surface area contributed by atoms with Crippen LogP contribution >= 0.6 is 0 Å². The number of hydrogen-bond acceptors (Lipinski definition) is 7. The van der Waals surface area contributed by atoms with Crippen LogP contribution in [0.1, 0.15) is 47.5 Å². The van der Waals surface area contributed by atoms with Crippen molar-refractivity contribution in [2.75, 3.05) is 13.1 Å². The molecule has 0 spiro atoms. The fraction of sp³-hybridized carbons (Fsp3) is 0.360. The standard InChI is InChI=1S/C25H26N4O5/c26-22(31)10-19(16-4-6-27-7-5-16)25-24(33)21(30)9-18(34-25)14-28-11-15-8-17(13-28)20-2-1-3-23(32)29(20)12-15/h1-7,9,15,17,19,33H,8,10-14H2,(H2,26,31). The Hall–Kier alpha value is -3.72. The van der Waals surface area contributed by atoms with Crippen molar-refractivity contribution in [3.63, 3.8) is 0 Å². The van der Waals surface area contributed by atoms with Gasteiger partial charge in [0.1, 0.15) is 5.76 Å². The Kier molecular flexibility index (Phi) is 5.79. The van der Waals surface area contributed by atoms with Gasteiger partial charge in [0.15, 0.2) is 5.76 Å². The number of piperidine rings is 1. The summed E-state index contributed by atoms with van der Waals surface area (Å²) in [5.74, 6) is -0.804. The predicted octanol–water partition coefficient (Wildman–Crippen LogP) is 1.53. The maximum absolute atomic E-state index is 12.6. The molecule has 2 aliphatic rings. The average molecular weight is 463 g/mol. The van der Waals surface area contributed by atoms with Gasteiger partial charge < -0.3 is 19.8 Å². The number of aromatic hydroxyl groups is 1. The number of rotatable bonds is 6. The Morgan fingerprint density at radius 2 is 1.97 bits per heavy atom. The van der Waals surface area contributed by atoms with Gasteiger partial charge in [-0.3, -0.25) is 24.3 Å². The first-order valence-electron chi connectivity index (χ1n) is 11.3. The van der Waals surface area contributed by atoms with Gasteiger partial charge in [-0.25, -0.2) is 0 Å². The first-order chi connectivity index (χ1) is 16.4. The van der Waals surface area contributed by atoms with E-state index in [0.29, 0.717) is 30.3 Å². The molecule has 2 aliphatic heterocycles. The summed E-state index contributed by atoms with van der Waals surface area (Å²) >= 11 is 0. The summed E-state index contributed by atoms with van der Waals surface area (Å²) in [5.41, 5.74) is 6.64. The third-order valence-corrected chi connectivity index (χ3v) is 6.77. The van der Waals surface area contributed by atoms with Gasteiger partial charge in [0.25, 0.3) is 5.56 Å². The van der Waals surface area contributed by atoms with E-state index in [9.17, 15) is 19.5 Å². The van der Waals surface area contributed by atoms with E-state index in [-0.39, 0.29) is 23.7 Å². The van der Waals surface area contributed by atoms with Crippen molar-refractivity contribution in [2.24, 2.45) is 11.7 Å². The van der Waals surface area contributed by atoms with Gasteiger partial charge in [-0.1, -0.05) is 6.07 Å². The molecule has 1 amide bonds. The van der Waals surface area contributed by atoms with Crippen LogP contribution in [-0.4, -0.2) is 38.6 Å². The number of aromatic nitrogens is 2. The summed E-state index contributed by atoms with van der Waals surface area (Å²) in [5, 5.41) is 10.5. The maximum Gasteiger partial charge on any atom is 0.250 e. The number of nitrogens with zero attached hydrogens (tertiary/aromatic N) is 3. The van der Waals surface area contributed by atoms with Gasteiger partial charge >= 0.3 is 0 Å². The predicted molar refractivity (Wildman–Crippen MR) is 123 cm³/mol. The van der Waals surface area contributed by atoms with E-state index >= 15 is 0 Å². The summed E-state index contributed by atoms with van der Waals surface area (Å²) in [6.45, 7) is 2.56. The van der Waals surface area contributed by atoms with Gasteiger partial charge in [0.05, 0.1) is 12.5 Å². The third kappa shape index (κ3) is 4.26. The molecule has 3 unspecified atom stereocenters. The fourth-order valence-corrected chi connectivity index (χ4v) is 5.37. The second-order valence-corrected chi connectivity index (χ2v) is 9.19. The summed E-state index contributed by atoms with van der Waals surface area (Å²) in [6, 6.07) is 10.1. The molecule has 2 bridgehead atoms. The highest BCUT2D eigenvalue weighted by Gasteiger charge is 2.35. The molecular weight excluding hydrogens is 436 g/mol. The van der Waals surface area contributed by atoms with E-state index < -0.39 is 23.0 Å². The smallest absolute Gasteiger partial charge is 0.250 e. The number of carbonyl (C=O) groups is 1. The molecule has 5 heterocycles. The minimum atomic E-state index is -0.701. The lowest BCUT2D eigenvalue weighted by Gasteiger charge is -2.42. The van der Waals surface area contributed by atoms with Crippen molar-refractivity contribution >= 4 is 5.91 Å². The van der Waals surface area contributed by atoms with E-state index in [2.05, 4.69) is 9.88 Å². The quantitative estimate of drug-likeness (QED) is 0.568. The van der Waals surface area contributed by atoms with E-state index in [1.165, 1.54) is 6.07 Å². The molecule has 3 aromatic rings. The summed E-state index contributed by atoms with van der Waals surface area (Å²) in [6.07, 6.45) is 4.03. The molecule has 5 rings (SSSR count). The van der Waals surface area contributed by atoms with Gasteiger partial charge in [-0.2, -0.15) is 0 Å². The first-order valence-corrected chi connectivity index (χ1v) is 11.3. The number of amides is 1. The van der Waals surface area contributed by atoms with Crippen LogP contribution in [0.15, 0.2) is 62.8 Å². The van der Waals surface area contributed by atoms with Crippen molar-refractivity contribution in [1.29, 1.82) is 0 Å². The molecule has 1 saturated heterocycles. The van der Waals surface area contributed by atoms with Gasteiger partial charge in [-0.15, -0.1) is 0 Å². The molecular formula is C25H26N4O5. The van der Waals surface area contributed by atoms with Crippen LogP contribution < -0.4 is 16.7 Å². The highest BCUT2D eigenvalue weighted by Crippen LogP contribution is 2.36. The average Bonchev–Trinajstić information content (AvgIpc) is 2.81. The largest absolute Gasteiger partial charge is 0.502 e. The Labute approximate surface area is 195 Å². The first kappa shape index (κ1) is 22.1. The zero-order valence-corrected chi connectivity index (χ0v) is 18.6. The molecule has 3 N–H and O–H groups in total. The minimum absolute atomic E-state index is 0.0293. The second-order valence-electron chi connectivity index (χ2n) is 9.19. The number of pyridine rings is 2. The van der Waals surface area contributed by atoms with Crippen LogP contribution in [-0.2, 0) is 17.9 Å². The van der Waals surface area contributed by atoms with Crippen LogP contribution in [0.25, 0.3) is 0 Å². The van der Waals surface area contributed by atoms with Gasteiger partial charge in [0, 0.05) is 62.2 Å². The zero-order chi connectivity index (χ0) is 23.8. The van der Waals surface area contributed by atoms with Crippen LogP contribution in [0.2, 0.25) is 0 Å². The summed E-state index contributed by atoms with van der Waals surface area (Å²) < 4.78 is 7.92. The number of primary amides is 1. The third-order valence-electron chi connectivity index (χ3n) is 6.77. The number of hydrogen-bond donors (Lipinski definition) is 2. The lowest BCUT2D eigenvalue weighted by molar-refractivity contribution is -0.118. The molecule has 9 nitrogen and oxygen atoms in total. The minimum Gasteiger partial charge on any atom is -0.502 e. The Balaban J connectivity index is 1.44. The molecule has 9 heteroatoms. The van der Waals surface area contributed by atoms with Gasteiger partial charge in [0.2, 0.25) is 17.1 Å². The van der Waals surface area contributed by atoms with E-state index in [1.54, 1.807) is 36.7 Å². The van der Waals surface area contributed by atoms with Crippen molar-refractivity contribution in [1.82, 2.24) is 14.5 Å². The molecule has 3 atom stereocenters. The molecule has 1 fully saturated rings. The molecule has 176 valence electrons. The second kappa shape index (κ2) is 8.90. The highest BCUT2D eigenvalue weighted by atomic mass is 16.4. The van der Waals surface area contributed by atoms with E-state index in [4.69, 9.17) is 10.2 Å². The fourth-order valence-electron chi connectivity index (χ4n) is 5.37. The molecule has 3 aromatic heterocycles. The number of likely N-dealkylation sites (tertiary alicyclic amines) is 1. The normalized spacial score (nSPS) is 20.5. The number of nitrogens with two attached hydrogens (primary N) is 1. The summed E-state index contributed by atoms with van der Waals surface area (Å²) in [4.78, 5) is 42.9. The van der Waals surface area contributed by atoms with Crippen molar-refractivity contribution in [3.05, 3.63) is 92.1 Å². The summed E-state index contributed by atoms with van der Waals surface area (Å²) in [7, 11) is 0. The van der Waals surface area contributed by atoms with Crippen LogP contribution in [0.5, 0.6) is 5.75 Å². The maximum atomic E-state index is 12.6. The van der Waals surface area contributed by atoms with Crippen molar-refractivity contribution in [3.8, 4) is 5.75 Å². The molecule has 0 saturated carbocycles. The Morgan fingerprint density at radius 3 is 2.74 bits per heavy atom.